The maximum absolute atomic E-state index is 13.0. The zero-order valence-corrected chi connectivity index (χ0v) is 19.3. The molecule has 0 saturated carbocycles. The van der Waals surface area contributed by atoms with Crippen LogP contribution in [0.3, 0.4) is 0 Å². The van der Waals surface area contributed by atoms with E-state index >= 15 is 0 Å². The van der Waals surface area contributed by atoms with Crippen molar-refractivity contribution in [3.05, 3.63) is 64.7 Å². The number of aryl methyl sites for hydroxylation is 2. The molecule has 1 heterocycles. The monoisotopic (exact) mass is 437 g/mol. The van der Waals surface area contributed by atoms with Crippen LogP contribution in [0.2, 0.25) is 0 Å². The van der Waals surface area contributed by atoms with Crippen LogP contribution in [0.1, 0.15) is 43.0 Å². The van der Waals surface area contributed by atoms with Gasteiger partial charge in [-0.15, -0.1) is 0 Å². The molecule has 1 aliphatic heterocycles. The molecule has 0 bridgehead atoms. The Morgan fingerprint density at radius 1 is 1.06 bits per heavy atom. The van der Waals surface area contributed by atoms with Crippen LogP contribution in [0.25, 0.3) is 0 Å². The number of hydrogen-bond donors (Lipinski definition) is 2. The summed E-state index contributed by atoms with van der Waals surface area (Å²) in [5.74, 6) is -0.716. The number of rotatable bonds is 4. The molecule has 0 fully saturated rings. The number of nitrogens with one attached hydrogen (secondary N) is 2. The molecule has 0 spiro atoms. The average Bonchev–Trinajstić information content (AvgIpc) is 2.72. The Labute approximate surface area is 189 Å². The molecule has 0 unspecified atom stereocenters. The molecule has 0 saturated heterocycles. The summed E-state index contributed by atoms with van der Waals surface area (Å²) in [5, 5.41) is 5.50. The van der Waals surface area contributed by atoms with Crippen molar-refractivity contribution in [1.82, 2.24) is 10.2 Å². The molecule has 7 heteroatoms. The third kappa shape index (κ3) is 5.87. The van der Waals surface area contributed by atoms with E-state index < -0.39 is 17.7 Å². The lowest BCUT2D eigenvalue weighted by molar-refractivity contribution is -0.128. The van der Waals surface area contributed by atoms with Gasteiger partial charge in [0.15, 0.2) is 0 Å². The summed E-state index contributed by atoms with van der Waals surface area (Å²) in [7, 11) is 0. The fourth-order valence-corrected chi connectivity index (χ4v) is 3.70. The van der Waals surface area contributed by atoms with Gasteiger partial charge in [-0.3, -0.25) is 14.5 Å². The van der Waals surface area contributed by atoms with Gasteiger partial charge in [-0.2, -0.15) is 0 Å². The van der Waals surface area contributed by atoms with Crippen molar-refractivity contribution < 1.29 is 19.1 Å². The molecule has 7 nitrogen and oxygen atoms in total. The van der Waals surface area contributed by atoms with Crippen LogP contribution in [0.15, 0.2) is 42.5 Å². The molecule has 170 valence electrons. The molecule has 0 radical (unpaired) electrons. The molecule has 2 aromatic carbocycles. The lowest BCUT2D eigenvalue weighted by atomic mass is 9.94. The van der Waals surface area contributed by atoms with Crippen molar-refractivity contribution in [2.45, 2.75) is 59.2 Å². The standard InChI is InChI=1S/C25H31N3O4/c1-16-10-11-20(17(2)12-16)27-22(29)14-26-23(30)21-13-18-8-6-7-9-19(18)15-28(21)24(31)32-25(3,4)5/h6-12,21H,13-15H2,1-5H3,(H,26,30)(H,27,29)/t21-/m0/s1. The van der Waals surface area contributed by atoms with Crippen LogP contribution >= 0.6 is 0 Å². The Morgan fingerprint density at radius 3 is 2.41 bits per heavy atom. The first-order chi connectivity index (χ1) is 15.0. The van der Waals surface area contributed by atoms with E-state index in [-0.39, 0.29) is 24.9 Å². The van der Waals surface area contributed by atoms with Gasteiger partial charge in [0, 0.05) is 12.1 Å². The van der Waals surface area contributed by atoms with Crippen LogP contribution in [0.5, 0.6) is 0 Å². The van der Waals surface area contributed by atoms with Gasteiger partial charge in [0.2, 0.25) is 11.8 Å². The predicted octanol–water partition coefficient (Wildman–Crippen LogP) is 3.72. The summed E-state index contributed by atoms with van der Waals surface area (Å²) < 4.78 is 5.53. The van der Waals surface area contributed by atoms with Gasteiger partial charge in [-0.1, -0.05) is 42.0 Å². The van der Waals surface area contributed by atoms with Crippen LogP contribution < -0.4 is 10.6 Å². The highest BCUT2D eigenvalue weighted by Crippen LogP contribution is 2.25. The number of nitrogens with zero attached hydrogens (tertiary/aromatic N) is 1. The predicted molar refractivity (Wildman–Crippen MR) is 123 cm³/mol. The lowest BCUT2D eigenvalue weighted by Crippen LogP contribution is -2.54. The number of hydrogen-bond acceptors (Lipinski definition) is 4. The molecule has 0 aliphatic carbocycles. The second-order valence-corrected chi connectivity index (χ2v) is 9.18. The topological polar surface area (TPSA) is 87.7 Å². The van der Waals surface area contributed by atoms with Crippen molar-refractivity contribution in [3.63, 3.8) is 0 Å². The van der Waals surface area contributed by atoms with Crippen molar-refractivity contribution >= 4 is 23.6 Å². The zero-order valence-electron chi connectivity index (χ0n) is 19.3. The average molecular weight is 438 g/mol. The van der Waals surface area contributed by atoms with E-state index in [2.05, 4.69) is 10.6 Å². The molecule has 2 aromatic rings. The zero-order chi connectivity index (χ0) is 23.5. The van der Waals surface area contributed by atoms with Gasteiger partial charge in [0.25, 0.3) is 0 Å². The molecule has 3 rings (SSSR count). The first kappa shape index (κ1) is 23.3. The summed E-state index contributed by atoms with van der Waals surface area (Å²) in [5.41, 5.74) is 4.07. The van der Waals surface area contributed by atoms with Crippen LogP contribution in [-0.2, 0) is 27.3 Å². The van der Waals surface area contributed by atoms with E-state index in [1.54, 1.807) is 20.8 Å². The van der Waals surface area contributed by atoms with E-state index in [1.165, 1.54) is 4.90 Å². The maximum Gasteiger partial charge on any atom is 0.411 e. The molecule has 3 amide bonds. The largest absolute Gasteiger partial charge is 0.444 e. The van der Waals surface area contributed by atoms with E-state index in [4.69, 9.17) is 4.74 Å². The molecule has 0 aromatic heterocycles. The first-order valence-electron chi connectivity index (χ1n) is 10.7. The normalized spacial score (nSPS) is 15.5. The summed E-state index contributed by atoms with van der Waals surface area (Å²) in [6.45, 7) is 9.35. The maximum atomic E-state index is 13.0. The van der Waals surface area contributed by atoms with Gasteiger partial charge < -0.3 is 15.4 Å². The summed E-state index contributed by atoms with van der Waals surface area (Å²) in [6.07, 6.45) is -0.188. The van der Waals surface area contributed by atoms with E-state index in [1.807, 2.05) is 56.3 Å². The third-order valence-electron chi connectivity index (χ3n) is 5.26. The van der Waals surface area contributed by atoms with Crippen molar-refractivity contribution in [2.24, 2.45) is 0 Å². The Hall–Kier alpha value is -3.35. The molecular formula is C25H31N3O4. The Morgan fingerprint density at radius 2 is 1.75 bits per heavy atom. The van der Waals surface area contributed by atoms with Crippen LogP contribution in [-0.4, -0.2) is 41.0 Å². The number of carbonyl (C=O) groups is 3. The fourth-order valence-electron chi connectivity index (χ4n) is 3.70. The smallest absolute Gasteiger partial charge is 0.411 e. The highest BCUT2D eigenvalue weighted by atomic mass is 16.6. The second kappa shape index (κ2) is 9.42. The minimum atomic E-state index is -0.756. The summed E-state index contributed by atoms with van der Waals surface area (Å²) in [4.78, 5) is 39.7. The van der Waals surface area contributed by atoms with Crippen LogP contribution in [0, 0.1) is 13.8 Å². The summed E-state index contributed by atoms with van der Waals surface area (Å²) in [6, 6.07) is 12.7. The minimum absolute atomic E-state index is 0.188. The first-order valence-corrected chi connectivity index (χ1v) is 10.7. The van der Waals surface area contributed by atoms with Crippen molar-refractivity contribution in [3.8, 4) is 0 Å². The Balaban J connectivity index is 1.69. The van der Waals surface area contributed by atoms with Crippen molar-refractivity contribution in [2.75, 3.05) is 11.9 Å². The number of anilines is 1. The Bertz CT molecular complexity index is 1030. The fraction of sp³-hybridized carbons (Fsp3) is 0.400. The minimum Gasteiger partial charge on any atom is -0.444 e. The molecule has 2 N–H and O–H groups in total. The third-order valence-corrected chi connectivity index (χ3v) is 5.26. The number of fused-ring (bicyclic) bond motifs is 1. The number of carbonyl (C=O) groups excluding carboxylic acids is 3. The second-order valence-electron chi connectivity index (χ2n) is 9.18. The SMILES string of the molecule is Cc1ccc(NC(=O)CNC(=O)[C@@H]2Cc3ccccc3CN2C(=O)OC(C)(C)C)c(C)c1. The van der Waals surface area contributed by atoms with Gasteiger partial charge in [-0.25, -0.2) is 4.79 Å². The lowest BCUT2D eigenvalue weighted by Gasteiger charge is -2.36. The van der Waals surface area contributed by atoms with E-state index in [9.17, 15) is 14.4 Å². The van der Waals surface area contributed by atoms with Gasteiger partial charge in [0.1, 0.15) is 11.6 Å². The van der Waals surface area contributed by atoms with Gasteiger partial charge in [0.05, 0.1) is 13.1 Å². The number of amides is 3. The summed E-state index contributed by atoms with van der Waals surface area (Å²) >= 11 is 0. The molecular weight excluding hydrogens is 406 g/mol. The van der Waals surface area contributed by atoms with Gasteiger partial charge in [-0.05, 0) is 57.4 Å². The molecule has 32 heavy (non-hydrogen) atoms. The molecule has 1 atom stereocenters. The van der Waals surface area contributed by atoms with Gasteiger partial charge >= 0.3 is 6.09 Å². The number of benzene rings is 2. The Kier molecular flexibility index (Phi) is 6.87. The number of ether oxygens (including phenoxy) is 1. The van der Waals surface area contributed by atoms with E-state index in [0.717, 1.165) is 22.3 Å². The van der Waals surface area contributed by atoms with Crippen LogP contribution in [0.4, 0.5) is 10.5 Å². The highest BCUT2D eigenvalue weighted by Gasteiger charge is 2.37. The highest BCUT2D eigenvalue weighted by molar-refractivity contribution is 5.96. The molecule has 1 aliphatic rings. The van der Waals surface area contributed by atoms with E-state index in [0.29, 0.717) is 12.1 Å². The van der Waals surface area contributed by atoms with Crippen molar-refractivity contribution in [1.29, 1.82) is 0 Å². The quantitative estimate of drug-likeness (QED) is 0.763.